The van der Waals surface area contributed by atoms with Crippen LogP contribution in [0.2, 0.25) is 0 Å². The molecule has 3 rings (SSSR count). The van der Waals surface area contributed by atoms with Gasteiger partial charge < -0.3 is 16.0 Å². The van der Waals surface area contributed by atoms with E-state index in [0.29, 0.717) is 30.3 Å². The highest BCUT2D eigenvalue weighted by molar-refractivity contribution is 5.95. The molecule has 0 fully saturated rings. The highest BCUT2D eigenvalue weighted by Crippen LogP contribution is 2.13. The summed E-state index contributed by atoms with van der Waals surface area (Å²) < 4.78 is 0. The fourth-order valence-electron chi connectivity index (χ4n) is 2.52. The first-order chi connectivity index (χ1) is 13.1. The maximum absolute atomic E-state index is 12.3. The number of nitrogens with one attached hydrogen (secondary N) is 3. The number of amides is 1. The molecule has 0 radical (unpaired) electrons. The fourth-order valence-corrected chi connectivity index (χ4v) is 2.52. The molecule has 7 heteroatoms. The minimum atomic E-state index is -0.0693. The van der Waals surface area contributed by atoms with Crippen molar-refractivity contribution in [1.29, 1.82) is 0 Å². The Labute approximate surface area is 158 Å². The number of rotatable bonds is 7. The molecule has 0 unspecified atom stereocenters. The lowest BCUT2D eigenvalue weighted by molar-refractivity contribution is 0.0954. The van der Waals surface area contributed by atoms with E-state index >= 15 is 0 Å². The predicted octanol–water partition coefficient (Wildman–Crippen LogP) is 3.07. The van der Waals surface area contributed by atoms with Crippen LogP contribution in [0.3, 0.4) is 0 Å². The minimum absolute atomic E-state index is 0.0693. The summed E-state index contributed by atoms with van der Waals surface area (Å²) in [5.74, 6) is 1.21. The van der Waals surface area contributed by atoms with E-state index in [0.717, 1.165) is 16.8 Å². The maximum Gasteiger partial charge on any atom is 0.251 e. The molecule has 138 valence electrons. The zero-order chi connectivity index (χ0) is 19.1. The zero-order valence-corrected chi connectivity index (χ0v) is 15.4. The molecule has 0 saturated carbocycles. The van der Waals surface area contributed by atoms with Gasteiger partial charge in [-0.3, -0.25) is 9.78 Å². The van der Waals surface area contributed by atoms with Gasteiger partial charge in [-0.15, -0.1) is 10.2 Å². The van der Waals surface area contributed by atoms with E-state index < -0.39 is 0 Å². The van der Waals surface area contributed by atoms with E-state index in [2.05, 4.69) is 31.1 Å². The van der Waals surface area contributed by atoms with Gasteiger partial charge in [0.1, 0.15) is 5.82 Å². The summed E-state index contributed by atoms with van der Waals surface area (Å²) in [6.07, 6.45) is 3.43. The van der Waals surface area contributed by atoms with Crippen molar-refractivity contribution in [3.05, 3.63) is 71.5 Å². The Hall–Kier alpha value is -3.48. The molecule has 27 heavy (non-hydrogen) atoms. The van der Waals surface area contributed by atoms with Gasteiger partial charge in [-0.25, -0.2) is 0 Å². The monoisotopic (exact) mass is 362 g/mol. The average molecular weight is 362 g/mol. The van der Waals surface area contributed by atoms with Gasteiger partial charge in [0.15, 0.2) is 5.82 Å². The van der Waals surface area contributed by atoms with Gasteiger partial charge in [-0.1, -0.05) is 17.7 Å². The molecular formula is C20H22N6O. The number of benzene rings is 1. The summed E-state index contributed by atoms with van der Waals surface area (Å²) >= 11 is 0. The smallest absolute Gasteiger partial charge is 0.251 e. The van der Waals surface area contributed by atoms with Crippen molar-refractivity contribution in [1.82, 2.24) is 20.5 Å². The highest BCUT2D eigenvalue weighted by Gasteiger charge is 2.08. The Kier molecular flexibility index (Phi) is 5.94. The second-order valence-corrected chi connectivity index (χ2v) is 6.17. The lowest BCUT2D eigenvalue weighted by Crippen LogP contribution is -2.29. The van der Waals surface area contributed by atoms with Crippen LogP contribution in [0.1, 0.15) is 21.5 Å². The summed E-state index contributed by atoms with van der Waals surface area (Å²) in [5.41, 5.74) is 3.59. The first-order valence-corrected chi connectivity index (χ1v) is 8.72. The van der Waals surface area contributed by atoms with Crippen LogP contribution in [0.25, 0.3) is 0 Å². The van der Waals surface area contributed by atoms with Gasteiger partial charge in [-0.05, 0) is 49.7 Å². The minimum Gasteiger partial charge on any atom is -0.367 e. The topological polar surface area (TPSA) is 91.8 Å². The van der Waals surface area contributed by atoms with Crippen molar-refractivity contribution in [2.75, 3.05) is 23.7 Å². The number of pyridine rings is 1. The van der Waals surface area contributed by atoms with Crippen molar-refractivity contribution in [2.45, 2.75) is 13.8 Å². The number of anilines is 3. The molecule has 0 saturated heterocycles. The molecule has 1 aromatic carbocycles. The largest absolute Gasteiger partial charge is 0.367 e. The lowest BCUT2D eigenvalue weighted by Gasteiger charge is -2.10. The molecule has 0 atom stereocenters. The molecule has 7 nitrogen and oxygen atoms in total. The quantitative estimate of drug-likeness (QED) is 0.560. The van der Waals surface area contributed by atoms with Crippen LogP contribution in [0.5, 0.6) is 0 Å². The first kappa shape index (κ1) is 18.3. The van der Waals surface area contributed by atoms with Crippen molar-refractivity contribution in [2.24, 2.45) is 0 Å². The van der Waals surface area contributed by atoms with Crippen LogP contribution in [0, 0.1) is 13.8 Å². The Morgan fingerprint density at radius 1 is 1.00 bits per heavy atom. The van der Waals surface area contributed by atoms with Crippen molar-refractivity contribution in [3.8, 4) is 0 Å². The number of carbonyl (C=O) groups is 1. The molecule has 3 N–H and O–H groups in total. The standard InChI is InChI=1S/C20H22N6O/c1-14-5-6-15(2)17(12-14)20(27)23-11-10-22-18-7-8-19(26-25-18)24-16-4-3-9-21-13-16/h3-9,12-13H,10-11H2,1-2H3,(H,22,25)(H,23,27)(H,24,26). The summed E-state index contributed by atoms with van der Waals surface area (Å²) in [4.78, 5) is 16.3. The van der Waals surface area contributed by atoms with E-state index in [1.807, 2.05) is 56.3 Å². The van der Waals surface area contributed by atoms with Crippen molar-refractivity contribution < 1.29 is 4.79 Å². The van der Waals surface area contributed by atoms with Gasteiger partial charge in [0, 0.05) is 24.8 Å². The summed E-state index contributed by atoms with van der Waals surface area (Å²) in [6, 6.07) is 13.3. The second kappa shape index (κ2) is 8.75. The molecule has 1 amide bonds. The first-order valence-electron chi connectivity index (χ1n) is 8.72. The zero-order valence-electron chi connectivity index (χ0n) is 15.4. The van der Waals surface area contributed by atoms with Crippen molar-refractivity contribution >= 4 is 23.2 Å². The van der Waals surface area contributed by atoms with E-state index in [1.54, 1.807) is 12.4 Å². The molecule has 0 bridgehead atoms. The van der Waals surface area contributed by atoms with Gasteiger partial charge >= 0.3 is 0 Å². The van der Waals surface area contributed by atoms with Crippen LogP contribution in [0.4, 0.5) is 17.3 Å². The molecular weight excluding hydrogens is 340 g/mol. The Morgan fingerprint density at radius 3 is 2.56 bits per heavy atom. The van der Waals surface area contributed by atoms with Crippen LogP contribution in [0.15, 0.2) is 54.9 Å². The summed E-state index contributed by atoms with van der Waals surface area (Å²) in [6.45, 7) is 4.96. The van der Waals surface area contributed by atoms with Crippen LogP contribution < -0.4 is 16.0 Å². The number of aromatic nitrogens is 3. The predicted molar refractivity (Wildman–Crippen MR) is 106 cm³/mol. The number of hydrogen-bond acceptors (Lipinski definition) is 6. The molecule has 3 aromatic rings. The summed E-state index contributed by atoms with van der Waals surface area (Å²) in [5, 5.41) is 17.4. The lowest BCUT2D eigenvalue weighted by atomic mass is 10.1. The van der Waals surface area contributed by atoms with Crippen LogP contribution >= 0.6 is 0 Å². The van der Waals surface area contributed by atoms with Gasteiger partial charge in [0.2, 0.25) is 0 Å². The second-order valence-electron chi connectivity index (χ2n) is 6.17. The molecule has 0 aliphatic rings. The number of aryl methyl sites for hydroxylation is 2. The Bertz CT molecular complexity index is 896. The maximum atomic E-state index is 12.3. The number of hydrogen-bond donors (Lipinski definition) is 3. The third-order valence-electron chi connectivity index (χ3n) is 3.95. The number of carbonyl (C=O) groups excluding carboxylic acids is 1. The third kappa shape index (κ3) is 5.24. The third-order valence-corrected chi connectivity index (χ3v) is 3.95. The Balaban J connectivity index is 1.45. The molecule has 2 aromatic heterocycles. The molecule has 0 aliphatic heterocycles. The van der Waals surface area contributed by atoms with E-state index in [-0.39, 0.29) is 5.91 Å². The average Bonchev–Trinajstić information content (AvgIpc) is 2.69. The van der Waals surface area contributed by atoms with Crippen molar-refractivity contribution in [3.63, 3.8) is 0 Å². The molecule has 2 heterocycles. The van der Waals surface area contributed by atoms with E-state index in [4.69, 9.17) is 0 Å². The van der Waals surface area contributed by atoms with Gasteiger partial charge in [0.05, 0.1) is 11.9 Å². The number of nitrogens with zero attached hydrogens (tertiary/aromatic N) is 3. The Morgan fingerprint density at radius 2 is 1.81 bits per heavy atom. The van der Waals surface area contributed by atoms with E-state index in [1.165, 1.54) is 0 Å². The fraction of sp³-hybridized carbons (Fsp3) is 0.200. The van der Waals surface area contributed by atoms with Crippen LogP contribution in [-0.4, -0.2) is 34.2 Å². The molecule has 0 spiro atoms. The normalized spacial score (nSPS) is 10.3. The SMILES string of the molecule is Cc1ccc(C)c(C(=O)NCCNc2ccc(Nc3cccnc3)nn2)c1. The van der Waals surface area contributed by atoms with E-state index in [9.17, 15) is 4.79 Å². The molecule has 0 aliphatic carbocycles. The van der Waals surface area contributed by atoms with Gasteiger partial charge in [0.25, 0.3) is 5.91 Å². The van der Waals surface area contributed by atoms with Crippen LogP contribution in [-0.2, 0) is 0 Å². The van der Waals surface area contributed by atoms with Gasteiger partial charge in [-0.2, -0.15) is 0 Å². The summed E-state index contributed by atoms with van der Waals surface area (Å²) in [7, 11) is 0. The highest BCUT2D eigenvalue weighted by atomic mass is 16.1.